The van der Waals surface area contributed by atoms with E-state index < -0.39 is 10.0 Å². The molecule has 0 aliphatic heterocycles. The minimum atomic E-state index is -3.53. The second-order valence-electron chi connectivity index (χ2n) is 12.8. The molecule has 0 radical (unpaired) electrons. The largest absolute Gasteiger partial charge is 0.326 e. The zero-order valence-electron chi connectivity index (χ0n) is 32.9. The molecule has 0 heterocycles. The molecule has 4 N–H and O–H groups in total. The van der Waals surface area contributed by atoms with Gasteiger partial charge in [-0.15, -0.1) is 0 Å². The Kier molecular flexibility index (Phi) is 21.2. The predicted octanol–water partition coefficient (Wildman–Crippen LogP) is 11.3. The maximum atomic E-state index is 10.8. The smallest absolute Gasteiger partial charge is 0.238 e. The molecule has 0 atom stereocenters. The fraction of sp³-hybridized carbons (Fsp3) is 0.234. The monoisotopic (exact) mass is 716 g/mol. The number of primary sulfonamides is 1. The lowest BCUT2D eigenvalue weighted by Gasteiger charge is -2.00. The summed E-state index contributed by atoms with van der Waals surface area (Å²) in [6.07, 6.45) is 0. The summed E-state index contributed by atoms with van der Waals surface area (Å²) in [6, 6.07) is 48.2. The van der Waals surface area contributed by atoms with E-state index in [1.165, 1.54) is 61.7 Å². The molecule has 6 aromatic rings. The Bertz CT molecular complexity index is 1760. The third-order valence-corrected chi connectivity index (χ3v) is 9.65. The number of sulfonamides is 1. The fourth-order valence-corrected chi connectivity index (χ4v) is 5.15. The first-order valence-electron chi connectivity index (χ1n) is 17.5. The molecule has 0 unspecified atom stereocenters. The van der Waals surface area contributed by atoms with Gasteiger partial charge in [-0.1, -0.05) is 140 Å². The molecule has 6 rings (SSSR count). The summed E-state index contributed by atoms with van der Waals surface area (Å²) in [7, 11) is -3.53. The lowest BCUT2D eigenvalue weighted by molar-refractivity contribution is 0.597. The highest BCUT2D eigenvalue weighted by atomic mass is 32.2. The van der Waals surface area contributed by atoms with Gasteiger partial charge in [-0.05, 0) is 137 Å². The van der Waals surface area contributed by atoms with Crippen molar-refractivity contribution in [3.05, 3.63) is 207 Å². The predicted molar refractivity (Wildman–Crippen MR) is 225 cm³/mol. The van der Waals surface area contributed by atoms with Gasteiger partial charge in [-0.2, -0.15) is 0 Å². The summed E-state index contributed by atoms with van der Waals surface area (Å²) in [5.41, 5.74) is 19.6. The Morgan fingerprint density at radius 2 is 0.558 bits per heavy atom. The Morgan fingerprint density at radius 3 is 0.712 bits per heavy atom. The van der Waals surface area contributed by atoms with Crippen molar-refractivity contribution in [1.29, 1.82) is 0 Å². The SMILES string of the molecule is Cc1ccccc1C.Cc1ccccc1C.Cc1ccccc1C.Cc1ccccc1C.Cc1ccccc1CN.Cc1ccccc1S(N)(=O)=O. The summed E-state index contributed by atoms with van der Waals surface area (Å²) in [4.78, 5) is 0.194. The van der Waals surface area contributed by atoms with Crippen LogP contribution in [0.4, 0.5) is 0 Å². The van der Waals surface area contributed by atoms with Crippen LogP contribution in [0, 0.1) is 69.2 Å². The average Bonchev–Trinajstić information content (AvgIpc) is 3.11. The Morgan fingerprint density at radius 1 is 0.346 bits per heavy atom. The Hall–Kier alpha value is -4.81. The van der Waals surface area contributed by atoms with Gasteiger partial charge >= 0.3 is 0 Å². The van der Waals surface area contributed by atoms with Crippen LogP contribution in [-0.2, 0) is 16.6 Å². The van der Waals surface area contributed by atoms with Crippen LogP contribution < -0.4 is 10.9 Å². The number of benzene rings is 6. The van der Waals surface area contributed by atoms with Crippen molar-refractivity contribution >= 4 is 10.0 Å². The first-order chi connectivity index (χ1) is 24.6. The maximum Gasteiger partial charge on any atom is 0.238 e. The molecule has 0 saturated carbocycles. The average molecular weight is 717 g/mol. The number of aryl methyl sites for hydroxylation is 10. The lowest BCUT2D eigenvalue weighted by atomic mass is 10.1. The van der Waals surface area contributed by atoms with Gasteiger partial charge in [0, 0.05) is 6.54 Å². The standard InChI is InChI=1S/C8H11N.4C8H10.C7H9NO2S/c1-7-4-2-3-5-8(7)6-9;4*1-7-5-3-4-6-8(7)2;1-6-4-2-3-5-7(6)11(8,9)10/h2-5H,6,9H2,1H3;4*3-6H,1-2H3;2-5H,1H3,(H2,8,9,10). The molecule has 6 aromatic carbocycles. The van der Waals surface area contributed by atoms with Crippen LogP contribution in [0.15, 0.2) is 150 Å². The summed E-state index contributed by atoms with van der Waals surface area (Å²) < 4.78 is 21.7. The molecule has 276 valence electrons. The second kappa shape index (κ2) is 24.4. The van der Waals surface area contributed by atoms with Gasteiger partial charge in [0.05, 0.1) is 4.90 Å². The number of hydrogen-bond donors (Lipinski definition) is 2. The van der Waals surface area contributed by atoms with Gasteiger partial charge < -0.3 is 5.73 Å². The van der Waals surface area contributed by atoms with E-state index in [-0.39, 0.29) is 4.90 Å². The van der Waals surface area contributed by atoms with Crippen LogP contribution in [0.3, 0.4) is 0 Å². The van der Waals surface area contributed by atoms with Crippen molar-refractivity contribution in [3.63, 3.8) is 0 Å². The van der Waals surface area contributed by atoms with E-state index in [1.807, 2.05) is 12.1 Å². The highest BCUT2D eigenvalue weighted by Gasteiger charge is 2.08. The Balaban J connectivity index is 0.000000313. The Labute approximate surface area is 315 Å². The van der Waals surface area contributed by atoms with Crippen molar-refractivity contribution in [3.8, 4) is 0 Å². The van der Waals surface area contributed by atoms with Crippen LogP contribution in [0.25, 0.3) is 0 Å². The third kappa shape index (κ3) is 18.4. The highest BCUT2D eigenvalue weighted by molar-refractivity contribution is 7.89. The minimum Gasteiger partial charge on any atom is -0.326 e. The third-order valence-electron chi connectivity index (χ3n) is 8.58. The van der Waals surface area contributed by atoms with Crippen molar-refractivity contribution in [2.75, 3.05) is 0 Å². The van der Waals surface area contributed by atoms with E-state index in [1.54, 1.807) is 25.1 Å². The van der Waals surface area contributed by atoms with E-state index >= 15 is 0 Å². The number of nitrogens with two attached hydrogens (primary N) is 2. The topological polar surface area (TPSA) is 86.2 Å². The zero-order valence-corrected chi connectivity index (χ0v) is 33.8. The minimum absolute atomic E-state index is 0.194. The molecular formula is C47H60N2O2S. The van der Waals surface area contributed by atoms with E-state index in [9.17, 15) is 8.42 Å². The van der Waals surface area contributed by atoms with Crippen molar-refractivity contribution in [2.45, 2.75) is 80.7 Å². The molecule has 0 amide bonds. The quantitative estimate of drug-likeness (QED) is 0.187. The maximum absolute atomic E-state index is 10.8. The van der Waals surface area contributed by atoms with Crippen LogP contribution in [0.5, 0.6) is 0 Å². The number of hydrogen-bond acceptors (Lipinski definition) is 3. The fourth-order valence-electron chi connectivity index (χ4n) is 4.37. The van der Waals surface area contributed by atoms with Gasteiger partial charge in [0.1, 0.15) is 0 Å². The highest BCUT2D eigenvalue weighted by Crippen LogP contribution is 2.11. The van der Waals surface area contributed by atoms with Crippen molar-refractivity contribution in [1.82, 2.24) is 0 Å². The first kappa shape index (κ1) is 45.2. The summed E-state index contributed by atoms with van der Waals surface area (Å²) >= 11 is 0. The molecule has 0 aromatic heterocycles. The molecular weight excluding hydrogens is 657 g/mol. The van der Waals surface area contributed by atoms with Crippen LogP contribution in [-0.4, -0.2) is 8.42 Å². The molecule has 0 saturated heterocycles. The van der Waals surface area contributed by atoms with Gasteiger partial charge in [0.15, 0.2) is 0 Å². The van der Waals surface area contributed by atoms with Crippen LogP contribution >= 0.6 is 0 Å². The molecule has 0 spiro atoms. The van der Waals surface area contributed by atoms with Gasteiger partial charge in [0.2, 0.25) is 10.0 Å². The zero-order chi connectivity index (χ0) is 39.1. The second-order valence-corrected chi connectivity index (χ2v) is 14.3. The van der Waals surface area contributed by atoms with E-state index in [0.717, 1.165) is 0 Å². The van der Waals surface area contributed by atoms with Gasteiger partial charge in [-0.3, -0.25) is 0 Å². The van der Waals surface area contributed by atoms with E-state index in [0.29, 0.717) is 12.1 Å². The molecule has 52 heavy (non-hydrogen) atoms. The molecule has 0 fully saturated rings. The van der Waals surface area contributed by atoms with Crippen LogP contribution in [0.1, 0.15) is 61.2 Å². The molecule has 0 aliphatic rings. The van der Waals surface area contributed by atoms with E-state index in [2.05, 4.69) is 172 Å². The summed E-state index contributed by atoms with van der Waals surface area (Å²) in [6.45, 7) is 21.4. The summed E-state index contributed by atoms with van der Waals surface area (Å²) in [5, 5.41) is 4.93. The van der Waals surface area contributed by atoms with E-state index in [4.69, 9.17) is 10.9 Å². The van der Waals surface area contributed by atoms with Gasteiger partial charge in [0.25, 0.3) is 0 Å². The lowest BCUT2D eigenvalue weighted by Crippen LogP contribution is -2.13. The van der Waals surface area contributed by atoms with Crippen molar-refractivity contribution < 1.29 is 8.42 Å². The summed E-state index contributed by atoms with van der Waals surface area (Å²) in [5.74, 6) is 0. The molecule has 0 aliphatic carbocycles. The molecule has 4 nitrogen and oxygen atoms in total. The molecule has 0 bridgehead atoms. The van der Waals surface area contributed by atoms with Gasteiger partial charge in [-0.25, -0.2) is 13.6 Å². The molecule has 5 heteroatoms. The van der Waals surface area contributed by atoms with Crippen LogP contribution in [0.2, 0.25) is 0 Å². The number of rotatable bonds is 2. The first-order valence-corrected chi connectivity index (χ1v) is 19.0. The normalized spacial score (nSPS) is 9.77. The van der Waals surface area contributed by atoms with Crippen molar-refractivity contribution in [2.24, 2.45) is 10.9 Å².